The van der Waals surface area contributed by atoms with Gasteiger partial charge in [-0.05, 0) is 62.1 Å². The number of nitrogens with zero attached hydrogens (tertiary/aromatic N) is 1. The van der Waals surface area contributed by atoms with Crippen LogP contribution in [0.4, 0.5) is 14.5 Å². The minimum Gasteiger partial charge on any atom is -0.539 e. The number of aliphatic carboxylic acids is 2. The van der Waals surface area contributed by atoms with Gasteiger partial charge < -0.3 is 24.8 Å². The Hall–Kier alpha value is -3.33. The van der Waals surface area contributed by atoms with E-state index in [2.05, 4.69) is 13.8 Å². The topological polar surface area (TPSA) is 102 Å². The normalized spacial score (nSPS) is 15.2. The molecular weight excluding hydrogens is 434 g/mol. The van der Waals surface area contributed by atoms with E-state index in [1.807, 2.05) is 0 Å². The maximum absolute atomic E-state index is 14.0. The van der Waals surface area contributed by atoms with Crippen molar-refractivity contribution in [3.63, 3.8) is 0 Å². The first kappa shape index (κ1) is 25.9. The number of quaternary nitrogens is 1. The third kappa shape index (κ3) is 7.08. The van der Waals surface area contributed by atoms with E-state index in [-0.39, 0.29) is 23.5 Å². The lowest BCUT2D eigenvalue weighted by Crippen LogP contribution is -3.12. The molecular formula is C24H28F2N2O5. The summed E-state index contributed by atoms with van der Waals surface area (Å²) in [7, 11) is 0. The lowest BCUT2D eigenvalue weighted by Gasteiger charge is -2.26. The summed E-state index contributed by atoms with van der Waals surface area (Å²) in [5.74, 6) is -4.57. The second kappa shape index (κ2) is 12.1. The Labute approximate surface area is 191 Å². The van der Waals surface area contributed by atoms with Gasteiger partial charge in [-0.1, -0.05) is 18.2 Å². The summed E-state index contributed by atoms with van der Waals surface area (Å²) in [6.07, 6.45) is 1.66. The molecule has 0 aromatic heterocycles. The van der Waals surface area contributed by atoms with E-state index in [9.17, 15) is 13.6 Å². The number of carbonyl (C=O) groups is 3. The van der Waals surface area contributed by atoms with E-state index < -0.39 is 11.9 Å². The number of carboxylic acids is 2. The van der Waals surface area contributed by atoms with Crippen LogP contribution in [0.3, 0.4) is 0 Å². The molecule has 0 saturated heterocycles. The van der Waals surface area contributed by atoms with Crippen LogP contribution in [0.1, 0.15) is 43.7 Å². The lowest BCUT2D eigenvalue weighted by molar-refractivity contribution is -0.888. The molecule has 2 aromatic carbocycles. The van der Waals surface area contributed by atoms with Gasteiger partial charge in [0.1, 0.15) is 11.6 Å². The predicted octanol–water partition coefficient (Wildman–Crippen LogP) is 0.969. The molecule has 1 aliphatic heterocycles. The first-order valence-corrected chi connectivity index (χ1v) is 10.8. The number of carboxylic acid groups (broad SMARTS) is 2. The molecule has 1 atom stereocenters. The predicted molar refractivity (Wildman–Crippen MR) is 116 cm³/mol. The van der Waals surface area contributed by atoms with Crippen molar-refractivity contribution in [1.82, 2.24) is 0 Å². The zero-order valence-electron chi connectivity index (χ0n) is 18.6. The molecule has 1 unspecified atom stereocenters. The van der Waals surface area contributed by atoms with E-state index in [0.29, 0.717) is 18.8 Å². The number of fused-ring (bicyclic) bond motifs is 1. The monoisotopic (exact) mass is 462 g/mol. The van der Waals surface area contributed by atoms with Crippen molar-refractivity contribution in [2.45, 2.75) is 32.6 Å². The molecule has 3 rings (SSSR count). The molecule has 0 radical (unpaired) electrons. The molecule has 7 nitrogen and oxygen atoms in total. The summed E-state index contributed by atoms with van der Waals surface area (Å²) in [5.41, 5.74) is 2.58. The quantitative estimate of drug-likeness (QED) is 0.645. The molecule has 1 heterocycles. The third-order valence-corrected chi connectivity index (χ3v) is 5.68. The second-order valence-electron chi connectivity index (χ2n) is 7.72. The van der Waals surface area contributed by atoms with Crippen LogP contribution in [-0.2, 0) is 14.4 Å². The van der Waals surface area contributed by atoms with Crippen molar-refractivity contribution in [3.8, 4) is 0 Å². The van der Waals surface area contributed by atoms with Gasteiger partial charge in [-0.25, -0.2) is 13.6 Å². The van der Waals surface area contributed by atoms with Crippen molar-refractivity contribution in [3.05, 3.63) is 65.2 Å². The number of rotatable bonds is 5. The third-order valence-electron chi connectivity index (χ3n) is 5.68. The van der Waals surface area contributed by atoms with Crippen LogP contribution in [0.2, 0.25) is 0 Å². The highest BCUT2D eigenvalue weighted by molar-refractivity contribution is 6.26. The minimum absolute atomic E-state index is 0.0276. The molecule has 9 heteroatoms. The van der Waals surface area contributed by atoms with E-state index in [4.69, 9.17) is 19.8 Å². The highest BCUT2D eigenvalue weighted by Crippen LogP contribution is 2.39. The SMILES string of the molecule is CC[NH+](CC)CC(=O)N1CCCC(c2ccc(F)cc2)c2ccc(F)cc21.O=C([O-])C(=O)O. The van der Waals surface area contributed by atoms with Crippen molar-refractivity contribution < 1.29 is 38.3 Å². The van der Waals surface area contributed by atoms with Gasteiger partial charge in [-0.3, -0.25) is 4.79 Å². The van der Waals surface area contributed by atoms with E-state index >= 15 is 0 Å². The Morgan fingerprint density at radius 3 is 2.18 bits per heavy atom. The van der Waals surface area contributed by atoms with Crippen molar-refractivity contribution in [1.29, 1.82) is 0 Å². The number of hydrogen-bond acceptors (Lipinski definition) is 4. The molecule has 178 valence electrons. The molecule has 0 aliphatic carbocycles. The van der Waals surface area contributed by atoms with Crippen molar-refractivity contribution in [2.24, 2.45) is 0 Å². The summed E-state index contributed by atoms with van der Waals surface area (Å²) in [5, 5.41) is 16.3. The van der Waals surface area contributed by atoms with E-state index in [1.54, 1.807) is 23.1 Å². The van der Waals surface area contributed by atoms with Crippen LogP contribution in [-0.4, -0.2) is 49.1 Å². The average Bonchev–Trinajstić information content (AvgIpc) is 2.97. The Morgan fingerprint density at radius 2 is 1.64 bits per heavy atom. The van der Waals surface area contributed by atoms with Crippen LogP contribution in [0.15, 0.2) is 42.5 Å². The summed E-state index contributed by atoms with van der Waals surface area (Å²) < 4.78 is 27.4. The molecule has 33 heavy (non-hydrogen) atoms. The van der Waals surface area contributed by atoms with Gasteiger partial charge in [-0.2, -0.15) is 0 Å². The van der Waals surface area contributed by atoms with Gasteiger partial charge in [0.15, 0.2) is 12.5 Å². The van der Waals surface area contributed by atoms with Gasteiger partial charge >= 0.3 is 5.97 Å². The van der Waals surface area contributed by atoms with Gasteiger partial charge in [0.05, 0.1) is 18.8 Å². The lowest BCUT2D eigenvalue weighted by atomic mass is 9.87. The Balaban J connectivity index is 0.000000569. The molecule has 0 spiro atoms. The number of carbonyl (C=O) groups excluding carboxylic acids is 2. The molecule has 1 amide bonds. The first-order chi connectivity index (χ1) is 15.7. The first-order valence-electron chi connectivity index (χ1n) is 10.8. The van der Waals surface area contributed by atoms with Crippen LogP contribution < -0.4 is 14.9 Å². The summed E-state index contributed by atoms with van der Waals surface area (Å²) in [6, 6.07) is 11.2. The maximum atomic E-state index is 14.0. The number of likely N-dealkylation sites (N-methyl/N-ethyl adjacent to an activating group) is 1. The van der Waals surface area contributed by atoms with E-state index in [1.165, 1.54) is 29.2 Å². The molecule has 0 saturated carbocycles. The zero-order chi connectivity index (χ0) is 24.5. The molecule has 0 bridgehead atoms. The number of anilines is 1. The number of amides is 1. The van der Waals surface area contributed by atoms with Crippen LogP contribution >= 0.6 is 0 Å². The number of halogens is 2. The van der Waals surface area contributed by atoms with Crippen LogP contribution in [0.25, 0.3) is 0 Å². The molecule has 0 fully saturated rings. The van der Waals surface area contributed by atoms with Gasteiger partial charge in [0.25, 0.3) is 5.91 Å². The number of hydrogen-bond donors (Lipinski definition) is 2. The van der Waals surface area contributed by atoms with Crippen molar-refractivity contribution >= 4 is 23.5 Å². The smallest absolute Gasteiger partial charge is 0.351 e. The molecule has 1 aliphatic rings. The van der Waals surface area contributed by atoms with Crippen LogP contribution in [0, 0.1) is 11.6 Å². The Kier molecular flexibility index (Phi) is 9.47. The Bertz CT molecular complexity index is 965. The zero-order valence-corrected chi connectivity index (χ0v) is 18.6. The molecule has 2 aromatic rings. The summed E-state index contributed by atoms with van der Waals surface area (Å²) >= 11 is 0. The van der Waals surface area contributed by atoms with E-state index in [0.717, 1.165) is 37.1 Å². The maximum Gasteiger partial charge on any atom is 0.351 e. The van der Waals surface area contributed by atoms with Gasteiger partial charge in [0.2, 0.25) is 0 Å². The minimum atomic E-state index is -2.07. The fourth-order valence-corrected chi connectivity index (χ4v) is 3.88. The highest BCUT2D eigenvalue weighted by Gasteiger charge is 2.29. The average molecular weight is 462 g/mol. The second-order valence-corrected chi connectivity index (χ2v) is 7.72. The summed E-state index contributed by atoms with van der Waals surface area (Å²) in [4.78, 5) is 33.9. The number of benzene rings is 2. The highest BCUT2D eigenvalue weighted by atomic mass is 19.1. The van der Waals surface area contributed by atoms with Gasteiger partial charge in [0, 0.05) is 12.5 Å². The standard InChI is InChI=1S/C22H26F2N2O.C2H2O4/c1-3-25(4-2)15-22(27)26-13-5-6-19(16-7-9-17(23)10-8-16)20-12-11-18(24)14-21(20)26;3-1(4)2(5)6/h7-12,14,19H,3-6,13,15H2,1-2H3;(H,3,4)(H,5,6). The van der Waals surface area contributed by atoms with Crippen molar-refractivity contribution in [2.75, 3.05) is 31.1 Å². The Morgan fingerprint density at radius 1 is 1.06 bits per heavy atom. The fraction of sp³-hybridized carbons (Fsp3) is 0.375. The van der Waals surface area contributed by atoms with Gasteiger partial charge in [-0.15, -0.1) is 0 Å². The largest absolute Gasteiger partial charge is 0.539 e. The van der Waals surface area contributed by atoms with Crippen LogP contribution in [0.5, 0.6) is 0 Å². The number of nitrogens with one attached hydrogen (secondary N) is 1. The summed E-state index contributed by atoms with van der Waals surface area (Å²) in [6.45, 7) is 6.87. The molecule has 2 N–H and O–H groups in total. The fourth-order valence-electron chi connectivity index (χ4n) is 3.88.